The first-order valence-electron chi connectivity index (χ1n) is 5.40. The fourth-order valence-corrected chi connectivity index (χ4v) is 1.91. The minimum Gasteiger partial charge on any atom is -0.340 e. The molecule has 0 heterocycles. The van der Waals surface area contributed by atoms with E-state index in [1.165, 1.54) is 0 Å². The normalized spacial score (nSPS) is 12.3. The molecule has 1 atom stereocenters. The molecule has 0 saturated carbocycles. The second kappa shape index (κ2) is 6.24. The van der Waals surface area contributed by atoms with Crippen LogP contribution in [0.5, 0.6) is 0 Å². The van der Waals surface area contributed by atoms with Crippen LogP contribution < -0.4 is 5.73 Å². The van der Waals surface area contributed by atoms with Crippen molar-refractivity contribution >= 4 is 29.1 Å². The molecular formula is C12H16Cl2N2O. The molecule has 0 bridgehead atoms. The minimum atomic E-state index is -0.453. The van der Waals surface area contributed by atoms with Gasteiger partial charge in [0, 0.05) is 23.6 Å². The monoisotopic (exact) mass is 274 g/mol. The zero-order chi connectivity index (χ0) is 13.0. The summed E-state index contributed by atoms with van der Waals surface area (Å²) >= 11 is 11.8. The van der Waals surface area contributed by atoms with E-state index < -0.39 is 6.04 Å². The third-order valence-electron chi connectivity index (χ3n) is 2.56. The molecule has 2 N–H and O–H groups in total. The fraction of sp³-hybridized carbons (Fsp3) is 0.417. The second-order valence-corrected chi connectivity index (χ2v) is 4.79. The van der Waals surface area contributed by atoms with Gasteiger partial charge in [0.25, 0.3) is 0 Å². The molecule has 1 aromatic carbocycles. The Morgan fingerprint density at radius 3 is 2.65 bits per heavy atom. The highest BCUT2D eigenvalue weighted by molar-refractivity contribution is 6.35. The van der Waals surface area contributed by atoms with Crippen molar-refractivity contribution in [1.29, 1.82) is 0 Å². The van der Waals surface area contributed by atoms with Crippen LogP contribution in [-0.2, 0) is 11.3 Å². The molecular weight excluding hydrogens is 259 g/mol. The van der Waals surface area contributed by atoms with Gasteiger partial charge in [0.15, 0.2) is 0 Å². The number of amides is 1. The van der Waals surface area contributed by atoms with Crippen LogP contribution in [0.3, 0.4) is 0 Å². The number of carbonyl (C=O) groups is 1. The summed E-state index contributed by atoms with van der Waals surface area (Å²) in [6, 6.07) is 4.77. The lowest BCUT2D eigenvalue weighted by Gasteiger charge is -2.21. The molecule has 0 aromatic heterocycles. The van der Waals surface area contributed by atoms with E-state index >= 15 is 0 Å². The van der Waals surface area contributed by atoms with Crippen molar-refractivity contribution in [1.82, 2.24) is 4.90 Å². The van der Waals surface area contributed by atoms with Gasteiger partial charge >= 0.3 is 0 Å². The predicted octanol–water partition coefficient (Wildman–Crippen LogP) is 2.69. The van der Waals surface area contributed by atoms with Gasteiger partial charge in [-0.25, -0.2) is 0 Å². The lowest BCUT2D eigenvalue weighted by molar-refractivity contribution is -0.131. The van der Waals surface area contributed by atoms with Gasteiger partial charge in [0.1, 0.15) is 0 Å². The molecule has 1 rings (SSSR count). The van der Waals surface area contributed by atoms with E-state index in [0.717, 1.165) is 5.56 Å². The third kappa shape index (κ3) is 3.87. The molecule has 0 aliphatic heterocycles. The van der Waals surface area contributed by atoms with Gasteiger partial charge in [-0.1, -0.05) is 36.2 Å². The Kier molecular flexibility index (Phi) is 5.25. The van der Waals surface area contributed by atoms with E-state index in [1.807, 2.05) is 13.0 Å². The maximum Gasteiger partial charge on any atom is 0.239 e. The van der Waals surface area contributed by atoms with Crippen LogP contribution in [0.25, 0.3) is 0 Å². The number of benzene rings is 1. The van der Waals surface area contributed by atoms with Crippen LogP contribution in [0.15, 0.2) is 18.2 Å². The largest absolute Gasteiger partial charge is 0.340 e. The first-order valence-corrected chi connectivity index (χ1v) is 6.15. The number of likely N-dealkylation sites (N-methyl/N-ethyl adjacent to an activating group) is 1. The SMILES string of the molecule is CC[C@H](N)C(=O)N(C)Cc1ccc(Cl)cc1Cl. The Morgan fingerprint density at radius 2 is 2.12 bits per heavy atom. The Morgan fingerprint density at radius 1 is 1.47 bits per heavy atom. The number of halogens is 2. The van der Waals surface area contributed by atoms with Gasteiger partial charge < -0.3 is 10.6 Å². The number of hydrogen-bond acceptors (Lipinski definition) is 2. The van der Waals surface area contributed by atoms with E-state index in [9.17, 15) is 4.79 Å². The van der Waals surface area contributed by atoms with Gasteiger partial charge in [0.05, 0.1) is 6.04 Å². The zero-order valence-corrected chi connectivity index (χ0v) is 11.4. The number of nitrogens with two attached hydrogens (primary N) is 1. The van der Waals surface area contributed by atoms with Crippen LogP contribution >= 0.6 is 23.2 Å². The van der Waals surface area contributed by atoms with Crippen molar-refractivity contribution in [2.24, 2.45) is 5.73 Å². The van der Waals surface area contributed by atoms with E-state index in [1.54, 1.807) is 24.1 Å². The number of nitrogens with zero attached hydrogens (tertiary/aromatic N) is 1. The molecule has 0 aliphatic carbocycles. The van der Waals surface area contributed by atoms with E-state index in [4.69, 9.17) is 28.9 Å². The quantitative estimate of drug-likeness (QED) is 0.918. The lowest BCUT2D eigenvalue weighted by atomic mass is 10.2. The molecule has 0 radical (unpaired) electrons. The molecule has 0 saturated heterocycles. The third-order valence-corrected chi connectivity index (χ3v) is 3.14. The van der Waals surface area contributed by atoms with Crippen molar-refractivity contribution in [3.8, 4) is 0 Å². The van der Waals surface area contributed by atoms with Crippen LogP contribution in [-0.4, -0.2) is 23.9 Å². The number of rotatable bonds is 4. The van der Waals surface area contributed by atoms with Gasteiger partial charge in [-0.3, -0.25) is 4.79 Å². The van der Waals surface area contributed by atoms with E-state index in [-0.39, 0.29) is 5.91 Å². The molecule has 0 aliphatic rings. The average molecular weight is 275 g/mol. The van der Waals surface area contributed by atoms with Crippen molar-refractivity contribution < 1.29 is 4.79 Å². The van der Waals surface area contributed by atoms with Gasteiger partial charge in [-0.05, 0) is 24.1 Å². The lowest BCUT2D eigenvalue weighted by Crippen LogP contribution is -2.40. The highest BCUT2D eigenvalue weighted by atomic mass is 35.5. The van der Waals surface area contributed by atoms with Gasteiger partial charge in [0.2, 0.25) is 5.91 Å². The molecule has 1 aromatic rings. The Bertz CT molecular complexity index is 409. The van der Waals surface area contributed by atoms with E-state index in [0.29, 0.717) is 23.0 Å². The highest BCUT2D eigenvalue weighted by Crippen LogP contribution is 2.22. The second-order valence-electron chi connectivity index (χ2n) is 3.94. The molecule has 1 amide bonds. The minimum absolute atomic E-state index is 0.0847. The van der Waals surface area contributed by atoms with Crippen molar-refractivity contribution in [3.63, 3.8) is 0 Å². The molecule has 0 spiro atoms. The smallest absolute Gasteiger partial charge is 0.239 e. The molecule has 0 fully saturated rings. The first kappa shape index (κ1) is 14.3. The van der Waals surface area contributed by atoms with Crippen LogP contribution in [0, 0.1) is 0 Å². The molecule has 0 unspecified atom stereocenters. The summed E-state index contributed by atoms with van der Waals surface area (Å²) < 4.78 is 0. The standard InChI is InChI=1S/C12H16Cl2N2O/c1-3-11(15)12(17)16(2)7-8-4-5-9(13)6-10(8)14/h4-6,11H,3,7,15H2,1-2H3/t11-/m0/s1. The van der Waals surface area contributed by atoms with Gasteiger partial charge in [-0.15, -0.1) is 0 Å². The fourth-order valence-electron chi connectivity index (χ4n) is 1.44. The van der Waals surface area contributed by atoms with Gasteiger partial charge in [-0.2, -0.15) is 0 Å². The number of carbonyl (C=O) groups excluding carboxylic acids is 1. The van der Waals surface area contributed by atoms with Crippen molar-refractivity contribution in [2.45, 2.75) is 25.9 Å². The maximum atomic E-state index is 11.8. The summed E-state index contributed by atoms with van der Waals surface area (Å²) in [5.41, 5.74) is 6.54. The number of hydrogen-bond donors (Lipinski definition) is 1. The molecule has 94 valence electrons. The summed E-state index contributed by atoms with van der Waals surface area (Å²) in [7, 11) is 1.71. The topological polar surface area (TPSA) is 46.3 Å². The predicted molar refractivity (Wildman–Crippen MR) is 71.2 cm³/mol. The first-order chi connectivity index (χ1) is 7.95. The Balaban J connectivity index is 2.74. The summed E-state index contributed by atoms with van der Waals surface area (Å²) in [5.74, 6) is -0.0847. The van der Waals surface area contributed by atoms with Crippen LogP contribution in [0.2, 0.25) is 10.0 Å². The van der Waals surface area contributed by atoms with Crippen molar-refractivity contribution in [3.05, 3.63) is 33.8 Å². The summed E-state index contributed by atoms with van der Waals surface area (Å²) in [4.78, 5) is 13.4. The van der Waals surface area contributed by atoms with Crippen LogP contribution in [0.4, 0.5) is 0 Å². The molecule has 3 nitrogen and oxygen atoms in total. The molecule has 5 heteroatoms. The maximum absolute atomic E-state index is 11.8. The summed E-state index contributed by atoms with van der Waals surface area (Å²) in [5, 5.41) is 1.14. The molecule has 17 heavy (non-hydrogen) atoms. The zero-order valence-electron chi connectivity index (χ0n) is 9.91. The van der Waals surface area contributed by atoms with Crippen LogP contribution in [0.1, 0.15) is 18.9 Å². The summed E-state index contributed by atoms with van der Waals surface area (Å²) in [6.45, 7) is 2.31. The van der Waals surface area contributed by atoms with E-state index in [2.05, 4.69) is 0 Å². The summed E-state index contributed by atoms with van der Waals surface area (Å²) in [6.07, 6.45) is 0.623. The highest BCUT2D eigenvalue weighted by Gasteiger charge is 2.17. The Labute approximate surface area is 111 Å². The Hall–Kier alpha value is -0.770. The average Bonchev–Trinajstić information content (AvgIpc) is 2.30. The van der Waals surface area contributed by atoms with Crippen molar-refractivity contribution in [2.75, 3.05) is 7.05 Å².